The van der Waals surface area contributed by atoms with E-state index in [9.17, 15) is 5.26 Å². The number of aryl methyl sites for hydroxylation is 1. The summed E-state index contributed by atoms with van der Waals surface area (Å²) in [6.45, 7) is 2.75. The van der Waals surface area contributed by atoms with E-state index in [2.05, 4.69) is 30.4 Å². The molecule has 1 N–H and O–H groups in total. The van der Waals surface area contributed by atoms with Crippen molar-refractivity contribution in [1.82, 2.24) is 5.32 Å². The lowest BCUT2D eigenvalue weighted by Crippen LogP contribution is -2.19. The number of rotatable bonds is 5. The summed E-state index contributed by atoms with van der Waals surface area (Å²) in [6.07, 6.45) is 0. The van der Waals surface area contributed by atoms with E-state index < -0.39 is 0 Å². The third-order valence-corrected chi connectivity index (χ3v) is 3.34. The molecule has 0 aliphatic heterocycles. The van der Waals surface area contributed by atoms with Gasteiger partial charge in [0.2, 0.25) is 0 Å². The van der Waals surface area contributed by atoms with E-state index >= 15 is 0 Å². The van der Waals surface area contributed by atoms with E-state index in [0.29, 0.717) is 6.54 Å². The summed E-state index contributed by atoms with van der Waals surface area (Å²) in [5, 5.41) is 12.6. The normalized spacial score (nSPS) is 11.7. The first kappa shape index (κ1) is 14.1. The highest BCUT2D eigenvalue weighted by Crippen LogP contribution is 2.18. The Hall–Kier alpha value is -2.31. The molecule has 3 heteroatoms. The Morgan fingerprint density at radius 2 is 1.85 bits per heavy atom. The van der Waals surface area contributed by atoms with Gasteiger partial charge in [0.15, 0.2) is 0 Å². The Morgan fingerprint density at radius 3 is 2.45 bits per heavy atom. The minimum atomic E-state index is -0.319. The average molecular weight is 266 g/mol. The van der Waals surface area contributed by atoms with Crippen LogP contribution in [-0.4, -0.2) is 7.11 Å². The molecule has 0 aromatic heterocycles. The van der Waals surface area contributed by atoms with Crippen LogP contribution in [0, 0.1) is 18.3 Å². The standard InChI is InChI=1S/C17H18N2O/c1-13-5-3-4-6-15(13)12-19-17(11-18)14-7-9-16(20-2)10-8-14/h3-10,17,19H,12H2,1-2H3. The molecule has 0 saturated heterocycles. The number of nitrogens with zero attached hydrogens (tertiary/aromatic N) is 1. The van der Waals surface area contributed by atoms with Crippen LogP contribution in [0.25, 0.3) is 0 Å². The van der Waals surface area contributed by atoms with Crippen molar-refractivity contribution in [2.24, 2.45) is 0 Å². The summed E-state index contributed by atoms with van der Waals surface area (Å²) >= 11 is 0. The largest absolute Gasteiger partial charge is 0.497 e. The molecule has 0 radical (unpaired) electrons. The van der Waals surface area contributed by atoms with E-state index in [-0.39, 0.29) is 6.04 Å². The zero-order chi connectivity index (χ0) is 14.4. The fraction of sp³-hybridized carbons (Fsp3) is 0.235. The second-order valence-electron chi connectivity index (χ2n) is 4.64. The number of hydrogen-bond acceptors (Lipinski definition) is 3. The van der Waals surface area contributed by atoms with Crippen LogP contribution in [0.3, 0.4) is 0 Å². The third-order valence-electron chi connectivity index (χ3n) is 3.34. The number of nitrogens with one attached hydrogen (secondary N) is 1. The predicted molar refractivity (Wildman–Crippen MR) is 79.4 cm³/mol. The van der Waals surface area contributed by atoms with Gasteiger partial charge in [-0.2, -0.15) is 5.26 Å². The van der Waals surface area contributed by atoms with E-state index in [4.69, 9.17) is 4.74 Å². The molecule has 2 rings (SSSR count). The predicted octanol–water partition coefficient (Wildman–Crippen LogP) is 3.36. The molecular weight excluding hydrogens is 248 g/mol. The lowest BCUT2D eigenvalue weighted by atomic mass is 10.1. The molecule has 102 valence electrons. The molecule has 0 aliphatic rings. The van der Waals surface area contributed by atoms with Crippen molar-refractivity contribution in [3.8, 4) is 11.8 Å². The molecule has 2 aromatic carbocycles. The number of benzene rings is 2. The lowest BCUT2D eigenvalue weighted by molar-refractivity contribution is 0.414. The summed E-state index contributed by atoms with van der Waals surface area (Å²) in [7, 11) is 1.63. The molecule has 0 spiro atoms. The summed E-state index contributed by atoms with van der Waals surface area (Å²) < 4.78 is 5.12. The molecule has 20 heavy (non-hydrogen) atoms. The van der Waals surface area contributed by atoms with E-state index in [1.807, 2.05) is 36.4 Å². The number of methoxy groups -OCH3 is 1. The molecule has 0 fully saturated rings. The van der Waals surface area contributed by atoms with Gasteiger partial charge in [0, 0.05) is 6.54 Å². The highest BCUT2D eigenvalue weighted by atomic mass is 16.5. The zero-order valence-electron chi connectivity index (χ0n) is 11.8. The fourth-order valence-corrected chi connectivity index (χ4v) is 2.05. The van der Waals surface area contributed by atoms with Crippen molar-refractivity contribution >= 4 is 0 Å². The SMILES string of the molecule is COc1ccc(C(C#N)NCc2ccccc2C)cc1. The first-order valence-electron chi connectivity index (χ1n) is 6.56. The first-order valence-corrected chi connectivity index (χ1v) is 6.56. The monoisotopic (exact) mass is 266 g/mol. The van der Waals surface area contributed by atoms with Gasteiger partial charge in [0.05, 0.1) is 13.2 Å². The zero-order valence-corrected chi connectivity index (χ0v) is 11.8. The highest BCUT2D eigenvalue weighted by molar-refractivity contribution is 5.32. The Balaban J connectivity index is 2.06. The van der Waals surface area contributed by atoms with Crippen LogP contribution in [0.5, 0.6) is 5.75 Å². The summed E-state index contributed by atoms with van der Waals surface area (Å²) in [4.78, 5) is 0. The number of hydrogen-bond donors (Lipinski definition) is 1. The summed E-state index contributed by atoms with van der Waals surface area (Å²) in [5.74, 6) is 0.796. The van der Waals surface area contributed by atoms with E-state index in [1.54, 1.807) is 7.11 Å². The van der Waals surface area contributed by atoms with Gasteiger partial charge < -0.3 is 4.74 Å². The van der Waals surface area contributed by atoms with Crippen LogP contribution < -0.4 is 10.1 Å². The third kappa shape index (κ3) is 3.37. The van der Waals surface area contributed by atoms with Crippen molar-refractivity contribution in [1.29, 1.82) is 5.26 Å². The summed E-state index contributed by atoms with van der Waals surface area (Å²) in [6, 6.07) is 17.7. The second kappa shape index (κ2) is 6.74. The van der Waals surface area contributed by atoms with Gasteiger partial charge in [0.1, 0.15) is 11.8 Å². The quantitative estimate of drug-likeness (QED) is 0.902. The maximum atomic E-state index is 9.31. The molecule has 0 saturated carbocycles. The van der Waals surface area contributed by atoms with Gasteiger partial charge >= 0.3 is 0 Å². The molecule has 0 heterocycles. The van der Waals surface area contributed by atoms with Crippen LogP contribution in [-0.2, 0) is 6.54 Å². The average Bonchev–Trinajstić information content (AvgIpc) is 2.50. The number of ether oxygens (including phenoxy) is 1. The van der Waals surface area contributed by atoms with Crippen LogP contribution in [0.1, 0.15) is 22.7 Å². The lowest BCUT2D eigenvalue weighted by Gasteiger charge is -2.13. The van der Waals surface area contributed by atoms with Crippen LogP contribution in [0.2, 0.25) is 0 Å². The van der Waals surface area contributed by atoms with Gasteiger partial charge in [-0.15, -0.1) is 0 Å². The molecular formula is C17H18N2O. The molecule has 1 atom stereocenters. The Kier molecular flexibility index (Phi) is 4.75. The Morgan fingerprint density at radius 1 is 1.15 bits per heavy atom. The molecule has 0 bridgehead atoms. The van der Waals surface area contributed by atoms with Gasteiger partial charge in [0.25, 0.3) is 0 Å². The fourth-order valence-electron chi connectivity index (χ4n) is 2.05. The van der Waals surface area contributed by atoms with Crippen molar-refractivity contribution in [3.63, 3.8) is 0 Å². The molecule has 3 nitrogen and oxygen atoms in total. The Labute approximate surface area is 119 Å². The van der Waals surface area contributed by atoms with Crippen LogP contribution in [0.4, 0.5) is 0 Å². The van der Waals surface area contributed by atoms with Crippen molar-refractivity contribution in [3.05, 3.63) is 65.2 Å². The first-order chi connectivity index (χ1) is 9.74. The minimum absolute atomic E-state index is 0.319. The molecule has 2 aromatic rings. The van der Waals surface area contributed by atoms with Crippen LogP contribution in [0.15, 0.2) is 48.5 Å². The molecule has 1 unspecified atom stereocenters. The maximum Gasteiger partial charge on any atom is 0.121 e. The second-order valence-corrected chi connectivity index (χ2v) is 4.64. The Bertz CT molecular complexity index is 599. The van der Waals surface area contributed by atoms with E-state index in [1.165, 1.54) is 11.1 Å². The highest BCUT2D eigenvalue weighted by Gasteiger charge is 2.10. The van der Waals surface area contributed by atoms with Gasteiger partial charge in [-0.05, 0) is 35.7 Å². The van der Waals surface area contributed by atoms with Gasteiger partial charge in [-0.1, -0.05) is 36.4 Å². The van der Waals surface area contributed by atoms with Crippen LogP contribution >= 0.6 is 0 Å². The molecule has 0 amide bonds. The van der Waals surface area contributed by atoms with Crippen molar-refractivity contribution in [2.45, 2.75) is 19.5 Å². The maximum absolute atomic E-state index is 9.31. The van der Waals surface area contributed by atoms with Crippen molar-refractivity contribution < 1.29 is 4.74 Å². The van der Waals surface area contributed by atoms with Crippen molar-refractivity contribution in [2.75, 3.05) is 7.11 Å². The topological polar surface area (TPSA) is 45.0 Å². The van der Waals surface area contributed by atoms with E-state index in [0.717, 1.165) is 11.3 Å². The summed E-state index contributed by atoms with van der Waals surface area (Å²) in [5.41, 5.74) is 3.38. The van der Waals surface area contributed by atoms with Gasteiger partial charge in [-0.25, -0.2) is 0 Å². The minimum Gasteiger partial charge on any atom is -0.497 e. The number of nitriles is 1. The van der Waals surface area contributed by atoms with Gasteiger partial charge in [-0.3, -0.25) is 5.32 Å². The smallest absolute Gasteiger partial charge is 0.121 e. The molecule has 0 aliphatic carbocycles.